The van der Waals surface area contributed by atoms with E-state index in [9.17, 15) is 5.11 Å². The van der Waals surface area contributed by atoms with Crippen molar-refractivity contribution in [2.45, 2.75) is 25.7 Å². The van der Waals surface area contributed by atoms with E-state index in [4.69, 9.17) is 0 Å². The highest BCUT2D eigenvalue weighted by atomic mass is 16.3. The minimum absolute atomic E-state index is 0.0382. The first-order chi connectivity index (χ1) is 14.7. The summed E-state index contributed by atoms with van der Waals surface area (Å²) in [6.45, 7) is 3.59. The van der Waals surface area contributed by atoms with E-state index >= 15 is 0 Å². The lowest BCUT2D eigenvalue weighted by molar-refractivity contribution is 0.265. The second kappa shape index (κ2) is 11.2. The van der Waals surface area contributed by atoms with Gasteiger partial charge in [0.2, 0.25) is 0 Å². The fourth-order valence-corrected chi connectivity index (χ4v) is 3.39. The molecule has 1 unspecified atom stereocenters. The maximum Gasteiger partial charge on any atom is 0.190 e. The molecule has 0 saturated heterocycles. The second-order valence-corrected chi connectivity index (χ2v) is 7.29. The zero-order valence-electron chi connectivity index (χ0n) is 17.8. The Bertz CT molecular complexity index is 921. The molecule has 3 rings (SSSR count). The van der Waals surface area contributed by atoms with Crippen molar-refractivity contribution in [3.05, 3.63) is 83.7 Å². The summed E-state index contributed by atoms with van der Waals surface area (Å²) in [4.78, 5) is 4.29. The van der Waals surface area contributed by atoms with Crippen LogP contribution in [0.2, 0.25) is 0 Å². The van der Waals surface area contributed by atoms with E-state index in [1.807, 2.05) is 53.2 Å². The molecule has 0 aliphatic heterocycles. The van der Waals surface area contributed by atoms with E-state index in [1.54, 1.807) is 7.05 Å². The van der Waals surface area contributed by atoms with Crippen molar-refractivity contribution in [2.24, 2.45) is 4.99 Å². The molecule has 6 heteroatoms. The summed E-state index contributed by atoms with van der Waals surface area (Å²) in [6.07, 6.45) is 4.04. The van der Waals surface area contributed by atoms with E-state index < -0.39 is 0 Å². The zero-order chi connectivity index (χ0) is 21.2. The van der Waals surface area contributed by atoms with Crippen molar-refractivity contribution in [1.29, 1.82) is 0 Å². The van der Waals surface area contributed by atoms with Crippen LogP contribution in [0, 0.1) is 6.92 Å². The first-order valence-electron chi connectivity index (χ1n) is 10.4. The van der Waals surface area contributed by atoms with Crippen LogP contribution < -0.4 is 10.6 Å². The number of para-hydroxylation sites is 1. The number of rotatable bonds is 9. The van der Waals surface area contributed by atoms with Gasteiger partial charge in [0, 0.05) is 32.3 Å². The average Bonchev–Trinajstić information content (AvgIpc) is 3.17. The number of hydrogen-bond acceptors (Lipinski definition) is 3. The number of aliphatic hydroxyl groups is 1. The minimum Gasteiger partial charge on any atom is -0.396 e. The molecule has 30 heavy (non-hydrogen) atoms. The summed E-state index contributed by atoms with van der Waals surface area (Å²) in [5, 5.41) is 21.0. The first-order valence-corrected chi connectivity index (χ1v) is 10.4. The van der Waals surface area contributed by atoms with E-state index in [0.717, 1.165) is 42.3 Å². The minimum atomic E-state index is 0.0382. The number of aliphatic hydroxyl groups excluding tert-OH is 1. The molecule has 0 amide bonds. The van der Waals surface area contributed by atoms with Crippen LogP contribution in [0.15, 0.2) is 71.9 Å². The summed E-state index contributed by atoms with van der Waals surface area (Å²) in [7, 11) is 1.76. The van der Waals surface area contributed by atoms with Gasteiger partial charge < -0.3 is 15.7 Å². The molecule has 0 aliphatic rings. The number of hydrogen-bond donors (Lipinski definition) is 3. The van der Waals surface area contributed by atoms with Gasteiger partial charge in [-0.05, 0) is 43.0 Å². The van der Waals surface area contributed by atoms with Gasteiger partial charge in [-0.25, -0.2) is 4.68 Å². The highest BCUT2D eigenvalue weighted by Crippen LogP contribution is 2.14. The quantitative estimate of drug-likeness (QED) is 0.291. The largest absolute Gasteiger partial charge is 0.396 e. The smallest absolute Gasteiger partial charge is 0.190 e. The highest BCUT2D eigenvalue weighted by molar-refractivity contribution is 5.79. The Morgan fingerprint density at radius 1 is 1.07 bits per heavy atom. The SMILES string of the molecule is CN=C(NCCCc1cn(-c2ccccc2)nc1C)NCC(CO)c1ccccc1. The Kier molecular flexibility index (Phi) is 8.03. The monoisotopic (exact) mass is 405 g/mol. The molecular weight excluding hydrogens is 374 g/mol. The number of benzene rings is 2. The molecule has 1 atom stereocenters. The van der Waals surface area contributed by atoms with Gasteiger partial charge in [-0.3, -0.25) is 4.99 Å². The predicted octanol–water partition coefficient (Wildman–Crippen LogP) is 3.05. The van der Waals surface area contributed by atoms with Crippen molar-refractivity contribution >= 4 is 5.96 Å². The zero-order valence-corrected chi connectivity index (χ0v) is 17.8. The maximum atomic E-state index is 9.71. The van der Waals surface area contributed by atoms with Crippen LogP contribution in [-0.4, -0.2) is 47.6 Å². The molecule has 0 fully saturated rings. The summed E-state index contributed by atoms with van der Waals surface area (Å²) in [5.41, 5.74) is 4.52. The highest BCUT2D eigenvalue weighted by Gasteiger charge is 2.11. The van der Waals surface area contributed by atoms with Crippen LogP contribution in [-0.2, 0) is 6.42 Å². The van der Waals surface area contributed by atoms with Crippen molar-refractivity contribution in [1.82, 2.24) is 20.4 Å². The standard InChI is InChI=1S/C24H31N5O/c1-19-21(17-29(28-19)23-13-7-4-8-14-23)12-9-15-26-24(25-2)27-16-22(18-30)20-10-5-3-6-11-20/h3-8,10-11,13-14,17,22,30H,9,12,15-16,18H2,1-2H3,(H2,25,26,27). The molecular formula is C24H31N5O. The molecule has 0 bridgehead atoms. The number of nitrogens with zero attached hydrogens (tertiary/aromatic N) is 3. The number of nitrogens with one attached hydrogen (secondary N) is 2. The molecule has 3 aromatic rings. The van der Waals surface area contributed by atoms with Crippen LogP contribution in [0.1, 0.15) is 29.2 Å². The van der Waals surface area contributed by atoms with Gasteiger partial charge in [0.05, 0.1) is 18.0 Å². The summed E-state index contributed by atoms with van der Waals surface area (Å²) < 4.78 is 1.94. The van der Waals surface area contributed by atoms with Crippen LogP contribution in [0.5, 0.6) is 0 Å². The van der Waals surface area contributed by atoms with Crippen molar-refractivity contribution in [3.8, 4) is 5.69 Å². The van der Waals surface area contributed by atoms with Gasteiger partial charge in [-0.1, -0.05) is 48.5 Å². The third-order valence-corrected chi connectivity index (χ3v) is 5.17. The Balaban J connectivity index is 1.45. The molecule has 6 nitrogen and oxygen atoms in total. The van der Waals surface area contributed by atoms with E-state index in [1.165, 1.54) is 5.56 Å². The van der Waals surface area contributed by atoms with Gasteiger partial charge in [0.1, 0.15) is 0 Å². The molecule has 2 aromatic carbocycles. The Morgan fingerprint density at radius 3 is 2.43 bits per heavy atom. The lowest BCUT2D eigenvalue weighted by Crippen LogP contribution is -2.40. The Labute approximate surface area is 178 Å². The van der Waals surface area contributed by atoms with Crippen molar-refractivity contribution in [3.63, 3.8) is 0 Å². The Morgan fingerprint density at radius 2 is 1.77 bits per heavy atom. The average molecular weight is 406 g/mol. The lowest BCUT2D eigenvalue weighted by Gasteiger charge is -2.18. The fourth-order valence-electron chi connectivity index (χ4n) is 3.39. The van der Waals surface area contributed by atoms with Gasteiger partial charge in [-0.2, -0.15) is 5.10 Å². The third kappa shape index (κ3) is 5.94. The molecule has 0 spiro atoms. The summed E-state index contributed by atoms with van der Waals surface area (Å²) >= 11 is 0. The summed E-state index contributed by atoms with van der Waals surface area (Å²) in [5.74, 6) is 0.789. The van der Waals surface area contributed by atoms with Gasteiger partial charge in [0.15, 0.2) is 5.96 Å². The van der Waals surface area contributed by atoms with Crippen LogP contribution in [0.3, 0.4) is 0 Å². The van der Waals surface area contributed by atoms with E-state index in [0.29, 0.717) is 6.54 Å². The summed E-state index contributed by atoms with van der Waals surface area (Å²) in [6, 6.07) is 20.2. The van der Waals surface area contributed by atoms with Crippen LogP contribution in [0.25, 0.3) is 5.69 Å². The van der Waals surface area contributed by atoms with Gasteiger partial charge in [-0.15, -0.1) is 0 Å². The molecule has 0 aliphatic carbocycles. The molecule has 3 N–H and O–H groups in total. The molecule has 158 valence electrons. The number of aromatic nitrogens is 2. The van der Waals surface area contributed by atoms with E-state index in [-0.39, 0.29) is 12.5 Å². The topological polar surface area (TPSA) is 74.5 Å². The van der Waals surface area contributed by atoms with Gasteiger partial charge in [0.25, 0.3) is 0 Å². The number of aliphatic imine (C=N–C) groups is 1. The fraction of sp³-hybridized carbons (Fsp3) is 0.333. The maximum absolute atomic E-state index is 9.71. The Hall–Kier alpha value is -3.12. The second-order valence-electron chi connectivity index (χ2n) is 7.29. The number of guanidine groups is 1. The van der Waals surface area contributed by atoms with Crippen LogP contribution in [0.4, 0.5) is 0 Å². The number of aryl methyl sites for hydroxylation is 2. The van der Waals surface area contributed by atoms with Crippen molar-refractivity contribution < 1.29 is 5.11 Å². The predicted molar refractivity (Wildman–Crippen MR) is 122 cm³/mol. The normalized spacial score (nSPS) is 12.6. The molecule has 0 radical (unpaired) electrons. The molecule has 1 heterocycles. The van der Waals surface area contributed by atoms with E-state index in [2.05, 4.69) is 46.0 Å². The molecule has 1 aromatic heterocycles. The van der Waals surface area contributed by atoms with Crippen molar-refractivity contribution in [2.75, 3.05) is 26.7 Å². The molecule has 0 saturated carbocycles. The third-order valence-electron chi connectivity index (χ3n) is 5.17. The van der Waals surface area contributed by atoms with Crippen LogP contribution >= 0.6 is 0 Å². The lowest BCUT2D eigenvalue weighted by atomic mass is 10.0. The van der Waals surface area contributed by atoms with Gasteiger partial charge >= 0.3 is 0 Å². The first kappa shape index (κ1) is 21.6.